The van der Waals surface area contributed by atoms with Gasteiger partial charge in [0.1, 0.15) is 0 Å². The number of benzene rings is 2. The third-order valence-corrected chi connectivity index (χ3v) is 6.27. The van der Waals surface area contributed by atoms with E-state index in [1.165, 1.54) is 5.56 Å². The molecule has 32 heavy (non-hydrogen) atoms. The van der Waals surface area contributed by atoms with Crippen molar-refractivity contribution in [2.75, 3.05) is 0 Å². The summed E-state index contributed by atoms with van der Waals surface area (Å²) in [5.41, 5.74) is 3.62. The van der Waals surface area contributed by atoms with Gasteiger partial charge in [0.05, 0.1) is 17.9 Å². The lowest BCUT2D eigenvalue weighted by Gasteiger charge is -2.28. The Balaban J connectivity index is 1.53. The first-order valence-corrected chi connectivity index (χ1v) is 10.9. The number of aromatic amines is 1. The van der Waals surface area contributed by atoms with E-state index < -0.39 is 17.4 Å². The summed E-state index contributed by atoms with van der Waals surface area (Å²) in [5, 5.41) is 26.4. The zero-order valence-corrected chi connectivity index (χ0v) is 18.0. The SMILES string of the molecule is Cc1cccc(-c2ccc(C[C@H](NC(=O)C3(CC(=O)O)CCCC3)c3nnn[nH]3)cc2)c1. The van der Waals surface area contributed by atoms with E-state index in [0.717, 1.165) is 29.5 Å². The first-order chi connectivity index (χ1) is 15.4. The number of carbonyl (C=O) groups is 2. The number of hydrogen-bond acceptors (Lipinski definition) is 5. The molecule has 0 spiro atoms. The standard InChI is InChI=1S/C24H27N5O3/c1-16-5-4-6-19(13-16)18-9-7-17(8-10-18)14-20(22-26-28-29-27-22)25-23(32)24(15-21(30)31)11-2-3-12-24/h4-10,13,20H,2-3,11-12,14-15H2,1H3,(H,25,32)(H,30,31)(H,26,27,28,29)/t20-/m0/s1. The minimum atomic E-state index is -0.952. The molecule has 0 aliphatic heterocycles. The number of carbonyl (C=O) groups excluding carboxylic acids is 1. The maximum absolute atomic E-state index is 13.2. The molecule has 1 atom stereocenters. The lowest BCUT2D eigenvalue weighted by Crippen LogP contribution is -2.43. The second-order valence-corrected chi connectivity index (χ2v) is 8.64. The van der Waals surface area contributed by atoms with Crippen LogP contribution < -0.4 is 5.32 Å². The van der Waals surface area contributed by atoms with Gasteiger partial charge < -0.3 is 10.4 Å². The molecular formula is C24H27N5O3. The molecule has 1 heterocycles. The molecule has 1 aromatic heterocycles. The Morgan fingerprint density at radius 2 is 1.88 bits per heavy atom. The van der Waals surface area contributed by atoms with Gasteiger partial charge >= 0.3 is 5.97 Å². The minimum absolute atomic E-state index is 0.161. The Hall–Kier alpha value is -3.55. The number of hydrogen-bond donors (Lipinski definition) is 3. The van der Waals surface area contributed by atoms with E-state index in [1.54, 1.807) is 0 Å². The summed E-state index contributed by atoms with van der Waals surface area (Å²) in [6.07, 6.45) is 3.20. The second kappa shape index (κ2) is 9.30. The predicted octanol–water partition coefficient (Wildman–Crippen LogP) is 3.61. The van der Waals surface area contributed by atoms with E-state index in [1.807, 2.05) is 18.2 Å². The van der Waals surface area contributed by atoms with Crippen molar-refractivity contribution in [2.45, 2.75) is 51.5 Å². The molecule has 0 radical (unpaired) electrons. The van der Waals surface area contributed by atoms with Crippen LogP contribution in [0.3, 0.4) is 0 Å². The van der Waals surface area contributed by atoms with Crippen LogP contribution in [-0.4, -0.2) is 37.6 Å². The molecule has 0 unspecified atom stereocenters. The summed E-state index contributed by atoms with van der Waals surface area (Å²) in [5.74, 6) is -0.744. The molecule has 1 fully saturated rings. The van der Waals surface area contributed by atoms with Crippen molar-refractivity contribution >= 4 is 11.9 Å². The number of H-pyrrole nitrogens is 1. The normalized spacial score (nSPS) is 15.9. The Bertz CT molecular complexity index is 1070. The van der Waals surface area contributed by atoms with Gasteiger partial charge in [0.2, 0.25) is 5.91 Å². The quantitative estimate of drug-likeness (QED) is 0.499. The van der Waals surface area contributed by atoms with Crippen molar-refractivity contribution in [1.29, 1.82) is 0 Å². The van der Waals surface area contributed by atoms with Crippen molar-refractivity contribution in [3.8, 4) is 11.1 Å². The van der Waals surface area contributed by atoms with E-state index in [-0.39, 0.29) is 12.3 Å². The van der Waals surface area contributed by atoms with Crippen molar-refractivity contribution in [2.24, 2.45) is 5.41 Å². The van der Waals surface area contributed by atoms with Crippen LogP contribution in [0.5, 0.6) is 0 Å². The van der Waals surface area contributed by atoms with Crippen LogP contribution in [0.15, 0.2) is 48.5 Å². The van der Waals surface area contributed by atoms with Crippen molar-refractivity contribution in [3.05, 3.63) is 65.5 Å². The highest BCUT2D eigenvalue weighted by Gasteiger charge is 2.43. The number of aromatic nitrogens is 4. The van der Waals surface area contributed by atoms with Crippen molar-refractivity contribution < 1.29 is 14.7 Å². The molecule has 166 valence electrons. The fraction of sp³-hybridized carbons (Fsp3) is 0.375. The summed E-state index contributed by atoms with van der Waals surface area (Å²) in [7, 11) is 0. The lowest BCUT2D eigenvalue weighted by atomic mass is 9.81. The average Bonchev–Trinajstić information content (AvgIpc) is 3.46. The molecule has 0 bridgehead atoms. The van der Waals surface area contributed by atoms with E-state index >= 15 is 0 Å². The molecule has 1 aliphatic carbocycles. The molecule has 1 saturated carbocycles. The van der Waals surface area contributed by atoms with E-state index in [9.17, 15) is 14.7 Å². The van der Waals surface area contributed by atoms with Crippen molar-refractivity contribution in [1.82, 2.24) is 25.9 Å². The highest BCUT2D eigenvalue weighted by atomic mass is 16.4. The van der Waals surface area contributed by atoms with Gasteiger partial charge in [-0.05, 0) is 46.9 Å². The van der Waals surface area contributed by atoms with Crippen LogP contribution in [0.1, 0.15) is 55.1 Å². The second-order valence-electron chi connectivity index (χ2n) is 8.64. The minimum Gasteiger partial charge on any atom is -0.481 e. The van der Waals surface area contributed by atoms with Crippen LogP contribution in [0.4, 0.5) is 0 Å². The van der Waals surface area contributed by atoms with Crippen molar-refractivity contribution in [3.63, 3.8) is 0 Å². The number of nitrogens with zero attached hydrogens (tertiary/aromatic N) is 3. The van der Waals surface area contributed by atoms with Gasteiger partial charge in [-0.25, -0.2) is 5.10 Å². The van der Waals surface area contributed by atoms with Crippen LogP contribution in [0.2, 0.25) is 0 Å². The number of aryl methyl sites for hydroxylation is 1. The summed E-state index contributed by atoms with van der Waals surface area (Å²) in [6.45, 7) is 2.07. The van der Waals surface area contributed by atoms with Gasteiger partial charge in [0.25, 0.3) is 0 Å². The van der Waals surface area contributed by atoms with Gasteiger partial charge in [0, 0.05) is 6.42 Å². The molecular weight excluding hydrogens is 406 g/mol. The molecule has 0 saturated heterocycles. The molecule has 1 aliphatic rings. The lowest BCUT2D eigenvalue weighted by molar-refractivity contribution is -0.145. The number of carboxylic acid groups (broad SMARTS) is 1. The van der Waals surface area contributed by atoms with E-state index in [4.69, 9.17) is 0 Å². The molecule has 1 amide bonds. The van der Waals surface area contributed by atoms with Crippen LogP contribution in [0.25, 0.3) is 11.1 Å². The zero-order valence-electron chi connectivity index (χ0n) is 18.0. The van der Waals surface area contributed by atoms with Gasteiger partial charge in [0.15, 0.2) is 5.82 Å². The predicted molar refractivity (Wildman–Crippen MR) is 119 cm³/mol. The van der Waals surface area contributed by atoms with Gasteiger partial charge in [-0.3, -0.25) is 9.59 Å². The van der Waals surface area contributed by atoms with Gasteiger partial charge in [-0.2, -0.15) is 0 Å². The molecule has 8 heteroatoms. The third kappa shape index (κ3) is 4.85. The maximum atomic E-state index is 13.2. The Morgan fingerprint density at radius 3 is 2.50 bits per heavy atom. The van der Waals surface area contributed by atoms with Crippen LogP contribution >= 0.6 is 0 Å². The number of aliphatic carboxylic acids is 1. The smallest absolute Gasteiger partial charge is 0.304 e. The summed E-state index contributed by atoms with van der Waals surface area (Å²) >= 11 is 0. The largest absolute Gasteiger partial charge is 0.481 e. The monoisotopic (exact) mass is 433 g/mol. The van der Waals surface area contributed by atoms with E-state index in [0.29, 0.717) is 25.1 Å². The Morgan fingerprint density at radius 1 is 1.12 bits per heavy atom. The topological polar surface area (TPSA) is 121 Å². The fourth-order valence-electron chi connectivity index (χ4n) is 4.56. The highest BCUT2D eigenvalue weighted by molar-refractivity contribution is 5.87. The summed E-state index contributed by atoms with van der Waals surface area (Å²) < 4.78 is 0. The number of rotatable bonds is 8. The van der Waals surface area contributed by atoms with Crippen LogP contribution in [0, 0.1) is 12.3 Å². The van der Waals surface area contributed by atoms with E-state index in [2.05, 4.69) is 63.2 Å². The molecule has 2 aromatic carbocycles. The number of nitrogens with one attached hydrogen (secondary N) is 2. The van der Waals surface area contributed by atoms with Crippen LogP contribution in [-0.2, 0) is 16.0 Å². The third-order valence-electron chi connectivity index (χ3n) is 6.27. The molecule has 3 N–H and O–H groups in total. The number of carboxylic acids is 1. The Kier molecular flexibility index (Phi) is 6.30. The first kappa shape index (κ1) is 21.7. The molecule has 3 aromatic rings. The summed E-state index contributed by atoms with van der Waals surface area (Å²) in [4.78, 5) is 24.6. The highest BCUT2D eigenvalue weighted by Crippen LogP contribution is 2.42. The summed E-state index contributed by atoms with van der Waals surface area (Å²) in [6, 6.07) is 16.0. The zero-order chi connectivity index (χ0) is 22.6. The molecule has 8 nitrogen and oxygen atoms in total. The maximum Gasteiger partial charge on any atom is 0.304 e. The number of amides is 1. The van der Waals surface area contributed by atoms with Gasteiger partial charge in [-0.15, -0.1) is 5.10 Å². The first-order valence-electron chi connectivity index (χ1n) is 10.9. The Labute approximate surface area is 186 Å². The number of tetrazole rings is 1. The fourth-order valence-corrected chi connectivity index (χ4v) is 4.56. The van der Waals surface area contributed by atoms with Gasteiger partial charge in [-0.1, -0.05) is 66.9 Å². The molecule has 4 rings (SSSR count). The average molecular weight is 434 g/mol.